The number of hydrogen-bond acceptors (Lipinski definition) is 4. The maximum absolute atomic E-state index is 12.0. The number of carbonyl (C=O) groups is 1. The molecule has 3 rings (SSSR count). The van der Waals surface area contributed by atoms with Gasteiger partial charge in [0.25, 0.3) is 0 Å². The van der Waals surface area contributed by atoms with E-state index in [-0.39, 0.29) is 5.91 Å². The van der Waals surface area contributed by atoms with Crippen molar-refractivity contribution in [2.24, 2.45) is 0 Å². The Balaban J connectivity index is 1.58. The molecular formula is C18H17N3OS. The Morgan fingerprint density at radius 3 is 2.78 bits per heavy atom. The zero-order valence-electron chi connectivity index (χ0n) is 12.8. The number of hydrogen-bond donors (Lipinski definition) is 1. The van der Waals surface area contributed by atoms with Crippen molar-refractivity contribution in [3.63, 3.8) is 0 Å². The number of anilines is 1. The minimum absolute atomic E-state index is 0.0290. The van der Waals surface area contributed by atoms with Crippen LogP contribution in [0.5, 0.6) is 0 Å². The zero-order chi connectivity index (χ0) is 16.1. The average Bonchev–Trinajstić information content (AvgIpc) is 3.03. The van der Waals surface area contributed by atoms with Crippen molar-refractivity contribution >= 4 is 22.4 Å². The lowest BCUT2D eigenvalue weighted by molar-refractivity contribution is -0.116. The molecule has 0 radical (unpaired) electrons. The number of pyridine rings is 1. The molecule has 116 valence electrons. The molecule has 3 aromatic rings. The number of thiazole rings is 1. The first-order valence-electron chi connectivity index (χ1n) is 7.42. The first-order valence-corrected chi connectivity index (χ1v) is 8.30. The van der Waals surface area contributed by atoms with E-state index in [0.717, 1.165) is 16.8 Å². The molecule has 1 N–H and O–H groups in total. The van der Waals surface area contributed by atoms with Crippen molar-refractivity contribution < 1.29 is 4.79 Å². The Labute approximate surface area is 139 Å². The van der Waals surface area contributed by atoms with Crippen molar-refractivity contribution in [3.8, 4) is 11.3 Å². The summed E-state index contributed by atoms with van der Waals surface area (Å²) < 4.78 is 0. The van der Waals surface area contributed by atoms with E-state index < -0.39 is 0 Å². The number of nitrogens with one attached hydrogen (secondary N) is 1. The van der Waals surface area contributed by atoms with Gasteiger partial charge in [-0.15, -0.1) is 11.3 Å². The van der Waals surface area contributed by atoms with E-state index in [9.17, 15) is 4.79 Å². The van der Waals surface area contributed by atoms with Crippen LogP contribution in [0.25, 0.3) is 11.3 Å². The van der Waals surface area contributed by atoms with E-state index in [2.05, 4.69) is 34.3 Å². The van der Waals surface area contributed by atoms with Crippen molar-refractivity contribution in [2.45, 2.75) is 19.8 Å². The highest BCUT2D eigenvalue weighted by molar-refractivity contribution is 7.14. The zero-order valence-corrected chi connectivity index (χ0v) is 13.6. The van der Waals surface area contributed by atoms with Crippen LogP contribution < -0.4 is 5.32 Å². The number of rotatable bonds is 5. The normalized spacial score (nSPS) is 10.5. The van der Waals surface area contributed by atoms with Gasteiger partial charge >= 0.3 is 0 Å². The van der Waals surface area contributed by atoms with Crippen LogP contribution in [0.15, 0.2) is 54.2 Å². The molecule has 0 saturated heterocycles. The van der Waals surface area contributed by atoms with Crippen LogP contribution in [-0.4, -0.2) is 15.9 Å². The molecule has 0 spiro atoms. The van der Waals surface area contributed by atoms with Crippen LogP contribution in [0.3, 0.4) is 0 Å². The fourth-order valence-corrected chi connectivity index (χ4v) is 2.91. The summed E-state index contributed by atoms with van der Waals surface area (Å²) >= 11 is 1.44. The van der Waals surface area contributed by atoms with Gasteiger partial charge in [0.2, 0.25) is 5.91 Å². The van der Waals surface area contributed by atoms with Crippen molar-refractivity contribution in [3.05, 3.63) is 65.3 Å². The van der Waals surface area contributed by atoms with Crippen molar-refractivity contribution in [1.29, 1.82) is 0 Å². The second-order valence-electron chi connectivity index (χ2n) is 5.31. The first-order chi connectivity index (χ1) is 11.2. The first kappa shape index (κ1) is 15.4. The predicted molar refractivity (Wildman–Crippen MR) is 93.5 cm³/mol. The number of aryl methyl sites for hydroxylation is 2. The fraction of sp³-hybridized carbons (Fsp3) is 0.167. The topological polar surface area (TPSA) is 54.9 Å². The van der Waals surface area contributed by atoms with Gasteiger partial charge in [0, 0.05) is 29.8 Å². The monoisotopic (exact) mass is 323 g/mol. The molecule has 0 aliphatic heterocycles. The molecule has 0 aliphatic carbocycles. The molecule has 0 bridgehead atoms. The maximum atomic E-state index is 12.0. The largest absolute Gasteiger partial charge is 0.302 e. The summed E-state index contributed by atoms with van der Waals surface area (Å²) in [5, 5.41) is 5.46. The summed E-state index contributed by atoms with van der Waals surface area (Å²) in [6.07, 6.45) is 4.61. The van der Waals surface area contributed by atoms with Gasteiger partial charge in [0.05, 0.1) is 5.69 Å². The molecule has 0 saturated carbocycles. The number of aromatic nitrogens is 2. The lowest BCUT2D eigenvalue weighted by Gasteiger charge is -2.02. The number of amides is 1. The Bertz CT molecular complexity index is 782. The average molecular weight is 323 g/mol. The summed E-state index contributed by atoms with van der Waals surface area (Å²) in [6, 6.07) is 12.0. The molecule has 2 aromatic heterocycles. The van der Waals surface area contributed by atoms with Crippen LogP contribution in [-0.2, 0) is 11.2 Å². The van der Waals surface area contributed by atoms with E-state index in [1.54, 1.807) is 12.4 Å². The van der Waals surface area contributed by atoms with Gasteiger partial charge in [-0.2, -0.15) is 0 Å². The Hall–Kier alpha value is -2.53. The lowest BCUT2D eigenvalue weighted by Crippen LogP contribution is -2.12. The molecule has 2 heterocycles. The number of nitrogens with zero attached hydrogens (tertiary/aromatic N) is 2. The summed E-state index contributed by atoms with van der Waals surface area (Å²) in [4.78, 5) is 20.5. The minimum atomic E-state index is -0.0290. The van der Waals surface area contributed by atoms with Gasteiger partial charge in [-0.25, -0.2) is 4.98 Å². The molecule has 23 heavy (non-hydrogen) atoms. The molecule has 0 unspecified atom stereocenters. The third-order valence-electron chi connectivity index (χ3n) is 3.46. The van der Waals surface area contributed by atoms with E-state index in [0.29, 0.717) is 18.0 Å². The lowest BCUT2D eigenvalue weighted by atomic mass is 10.1. The number of benzene rings is 1. The highest BCUT2D eigenvalue weighted by Crippen LogP contribution is 2.25. The van der Waals surface area contributed by atoms with E-state index in [1.165, 1.54) is 16.9 Å². The van der Waals surface area contributed by atoms with Gasteiger partial charge in [-0.3, -0.25) is 9.78 Å². The summed E-state index contributed by atoms with van der Waals surface area (Å²) in [7, 11) is 0. The van der Waals surface area contributed by atoms with E-state index in [4.69, 9.17) is 0 Å². The highest BCUT2D eigenvalue weighted by Gasteiger charge is 2.08. The van der Waals surface area contributed by atoms with Crippen molar-refractivity contribution in [2.75, 3.05) is 5.32 Å². The Morgan fingerprint density at radius 2 is 2.04 bits per heavy atom. The second kappa shape index (κ2) is 7.15. The maximum Gasteiger partial charge on any atom is 0.226 e. The predicted octanol–water partition coefficient (Wildman–Crippen LogP) is 4.08. The fourth-order valence-electron chi connectivity index (χ4n) is 2.17. The van der Waals surface area contributed by atoms with Crippen LogP contribution >= 0.6 is 11.3 Å². The Kier molecular flexibility index (Phi) is 4.78. The van der Waals surface area contributed by atoms with Crippen LogP contribution in [0.1, 0.15) is 17.5 Å². The van der Waals surface area contributed by atoms with E-state index >= 15 is 0 Å². The molecule has 1 amide bonds. The van der Waals surface area contributed by atoms with Crippen molar-refractivity contribution in [1.82, 2.24) is 9.97 Å². The van der Waals surface area contributed by atoms with Gasteiger partial charge in [0.1, 0.15) is 0 Å². The summed E-state index contributed by atoms with van der Waals surface area (Å²) in [5.41, 5.74) is 4.22. The quantitative estimate of drug-likeness (QED) is 0.769. The van der Waals surface area contributed by atoms with Gasteiger partial charge in [0.15, 0.2) is 5.13 Å². The molecule has 1 aromatic carbocycles. The van der Waals surface area contributed by atoms with Crippen LogP contribution in [0, 0.1) is 6.92 Å². The second-order valence-corrected chi connectivity index (χ2v) is 6.17. The third-order valence-corrected chi connectivity index (χ3v) is 4.22. The highest BCUT2D eigenvalue weighted by atomic mass is 32.1. The smallest absolute Gasteiger partial charge is 0.226 e. The molecule has 0 atom stereocenters. The molecular weight excluding hydrogens is 306 g/mol. The standard InChI is InChI=1S/C18H17N3OS/c1-13-4-7-15(8-5-13)16-12-23-18(20-16)21-17(22)9-6-14-3-2-10-19-11-14/h2-5,7-8,10-12H,6,9H2,1H3,(H,20,21,22). The number of carbonyl (C=O) groups excluding carboxylic acids is 1. The molecule has 0 aliphatic rings. The van der Waals surface area contributed by atoms with Crippen LogP contribution in [0.4, 0.5) is 5.13 Å². The molecule has 5 heteroatoms. The van der Waals surface area contributed by atoms with Gasteiger partial charge in [-0.1, -0.05) is 35.9 Å². The van der Waals surface area contributed by atoms with Crippen LogP contribution in [0.2, 0.25) is 0 Å². The van der Waals surface area contributed by atoms with Gasteiger partial charge < -0.3 is 5.32 Å². The summed E-state index contributed by atoms with van der Waals surface area (Å²) in [5.74, 6) is -0.0290. The third kappa shape index (κ3) is 4.23. The van der Waals surface area contributed by atoms with E-state index in [1.807, 2.05) is 29.6 Å². The summed E-state index contributed by atoms with van der Waals surface area (Å²) in [6.45, 7) is 2.05. The molecule has 4 nitrogen and oxygen atoms in total. The Morgan fingerprint density at radius 1 is 1.22 bits per heavy atom. The minimum Gasteiger partial charge on any atom is -0.302 e. The SMILES string of the molecule is Cc1ccc(-c2csc(NC(=O)CCc3cccnc3)n2)cc1. The van der Waals surface area contributed by atoms with Gasteiger partial charge in [-0.05, 0) is 25.0 Å². The molecule has 0 fully saturated rings.